The Hall–Kier alpha value is -3.48. The Kier molecular flexibility index (Phi) is 5.61. The number of hydrogen-bond acceptors (Lipinski definition) is 6. The zero-order chi connectivity index (χ0) is 19.2. The van der Waals surface area contributed by atoms with Gasteiger partial charge < -0.3 is 14.8 Å². The Bertz CT molecular complexity index is 988. The average Bonchev–Trinajstić information content (AvgIpc) is 2.66. The number of fused-ring (bicyclic) bond motifs is 1. The van der Waals surface area contributed by atoms with E-state index in [1.165, 1.54) is 0 Å². The molecule has 1 heterocycles. The van der Waals surface area contributed by atoms with Gasteiger partial charge in [0.2, 0.25) is 5.88 Å². The van der Waals surface area contributed by atoms with Gasteiger partial charge >= 0.3 is 5.97 Å². The summed E-state index contributed by atoms with van der Waals surface area (Å²) in [6, 6.07) is 14.1. The predicted octanol–water partition coefficient (Wildman–Crippen LogP) is 3.13. The molecule has 0 fully saturated rings. The van der Waals surface area contributed by atoms with Crippen LogP contribution in [0.2, 0.25) is 0 Å². The largest absolute Gasteiger partial charge is 0.467 e. The minimum atomic E-state index is -0.494. The second-order valence-corrected chi connectivity index (χ2v) is 5.70. The maximum Gasteiger partial charge on any atom is 0.340 e. The molecule has 1 amide bonds. The summed E-state index contributed by atoms with van der Waals surface area (Å²) in [5.74, 6) is -0.0116. The fraction of sp³-hybridized carbons (Fsp3) is 0.200. The van der Waals surface area contributed by atoms with Crippen molar-refractivity contribution in [3.63, 3.8) is 0 Å². The van der Waals surface area contributed by atoms with Gasteiger partial charge in [-0.2, -0.15) is 4.98 Å². The van der Waals surface area contributed by atoms with Crippen molar-refractivity contribution in [3.05, 3.63) is 59.9 Å². The number of esters is 1. The predicted molar refractivity (Wildman–Crippen MR) is 101 cm³/mol. The molecule has 0 spiro atoms. The van der Waals surface area contributed by atoms with Crippen LogP contribution >= 0.6 is 0 Å². The number of amides is 1. The molecule has 3 rings (SSSR count). The first-order valence-corrected chi connectivity index (χ1v) is 8.50. The van der Waals surface area contributed by atoms with Crippen molar-refractivity contribution in [1.82, 2.24) is 9.97 Å². The van der Waals surface area contributed by atoms with Crippen molar-refractivity contribution >= 4 is 28.5 Å². The topological polar surface area (TPSA) is 90.4 Å². The highest BCUT2D eigenvalue weighted by Crippen LogP contribution is 2.22. The van der Waals surface area contributed by atoms with Crippen LogP contribution in [0.3, 0.4) is 0 Å². The van der Waals surface area contributed by atoms with Gasteiger partial charge in [-0.1, -0.05) is 24.3 Å². The second kappa shape index (κ2) is 8.27. The third-order valence-corrected chi connectivity index (χ3v) is 3.72. The van der Waals surface area contributed by atoms with Crippen LogP contribution in [-0.4, -0.2) is 35.1 Å². The number of anilines is 1. The van der Waals surface area contributed by atoms with E-state index in [4.69, 9.17) is 9.47 Å². The Labute approximate surface area is 156 Å². The van der Waals surface area contributed by atoms with Crippen LogP contribution in [0, 0.1) is 6.92 Å². The van der Waals surface area contributed by atoms with E-state index < -0.39 is 11.9 Å². The van der Waals surface area contributed by atoms with E-state index in [0.717, 1.165) is 10.9 Å². The van der Waals surface area contributed by atoms with E-state index in [1.54, 1.807) is 38.1 Å². The summed E-state index contributed by atoms with van der Waals surface area (Å²) in [4.78, 5) is 32.9. The molecule has 138 valence electrons. The molecule has 27 heavy (non-hydrogen) atoms. The highest BCUT2D eigenvalue weighted by atomic mass is 16.5. The normalized spacial score (nSPS) is 10.4. The number of para-hydroxylation sites is 2. The van der Waals surface area contributed by atoms with Crippen molar-refractivity contribution in [2.45, 2.75) is 13.8 Å². The van der Waals surface area contributed by atoms with Crippen molar-refractivity contribution in [2.24, 2.45) is 0 Å². The third kappa shape index (κ3) is 4.38. The molecule has 7 nitrogen and oxygen atoms in total. The average molecular weight is 365 g/mol. The summed E-state index contributed by atoms with van der Waals surface area (Å²) >= 11 is 0. The van der Waals surface area contributed by atoms with Crippen LogP contribution in [0.25, 0.3) is 10.9 Å². The molecule has 0 atom stereocenters. The number of ether oxygens (including phenoxy) is 2. The number of rotatable bonds is 6. The number of nitrogens with one attached hydrogen (secondary N) is 1. The Morgan fingerprint density at radius 3 is 2.59 bits per heavy atom. The summed E-state index contributed by atoms with van der Waals surface area (Å²) in [5, 5.41) is 3.40. The van der Waals surface area contributed by atoms with Gasteiger partial charge in [-0.05, 0) is 38.1 Å². The number of aryl methyl sites for hydroxylation is 1. The molecule has 2 aromatic carbocycles. The molecular weight excluding hydrogens is 346 g/mol. The van der Waals surface area contributed by atoms with Crippen molar-refractivity contribution in [1.29, 1.82) is 0 Å². The standard InChI is InChI=1S/C20H19N3O4/c1-3-26-20(25)15-9-5-7-11-17(15)23-18(24)12-27-19-14-8-4-6-10-16(14)21-13(2)22-19/h4-11H,3,12H2,1-2H3,(H,23,24). The van der Waals surface area contributed by atoms with E-state index in [0.29, 0.717) is 17.4 Å². The zero-order valence-corrected chi connectivity index (χ0v) is 15.1. The van der Waals surface area contributed by atoms with Crippen molar-refractivity contribution < 1.29 is 19.1 Å². The molecule has 0 saturated carbocycles. The maximum absolute atomic E-state index is 12.3. The summed E-state index contributed by atoms with van der Waals surface area (Å²) in [6.07, 6.45) is 0. The summed E-state index contributed by atoms with van der Waals surface area (Å²) in [6.45, 7) is 3.48. The van der Waals surface area contributed by atoms with Gasteiger partial charge in [0.1, 0.15) is 5.82 Å². The number of hydrogen-bond donors (Lipinski definition) is 1. The smallest absolute Gasteiger partial charge is 0.340 e. The van der Waals surface area contributed by atoms with E-state index in [2.05, 4.69) is 15.3 Å². The fourth-order valence-corrected chi connectivity index (χ4v) is 2.57. The molecule has 0 aliphatic carbocycles. The first-order chi connectivity index (χ1) is 13.1. The summed E-state index contributed by atoms with van der Waals surface area (Å²) in [5.41, 5.74) is 1.40. The number of carbonyl (C=O) groups is 2. The Balaban J connectivity index is 1.72. The summed E-state index contributed by atoms with van der Waals surface area (Å²) in [7, 11) is 0. The van der Waals surface area contributed by atoms with Gasteiger partial charge in [-0.3, -0.25) is 4.79 Å². The molecule has 0 radical (unpaired) electrons. The monoisotopic (exact) mass is 365 g/mol. The fourth-order valence-electron chi connectivity index (χ4n) is 2.57. The number of benzene rings is 2. The lowest BCUT2D eigenvalue weighted by molar-refractivity contribution is -0.118. The number of aromatic nitrogens is 2. The van der Waals surface area contributed by atoms with E-state index in [9.17, 15) is 9.59 Å². The lowest BCUT2D eigenvalue weighted by Gasteiger charge is -2.11. The van der Waals surface area contributed by atoms with Gasteiger partial charge in [0.05, 0.1) is 28.8 Å². The summed E-state index contributed by atoms with van der Waals surface area (Å²) < 4.78 is 10.6. The highest BCUT2D eigenvalue weighted by molar-refractivity contribution is 6.01. The van der Waals surface area contributed by atoms with Crippen molar-refractivity contribution in [3.8, 4) is 5.88 Å². The van der Waals surface area contributed by atoms with Crippen LogP contribution in [0.4, 0.5) is 5.69 Å². The molecule has 1 N–H and O–H groups in total. The van der Waals surface area contributed by atoms with Crippen LogP contribution in [0.5, 0.6) is 5.88 Å². The molecule has 0 unspecified atom stereocenters. The molecule has 0 bridgehead atoms. The quantitative estimate of drug-likeness (QED) is 0.675. The molecule has 1 aromatic heterocycles. The molecule has 7 heteroatoms. The molecular formula is C20H19N3O4. The Morgan fingerprint density at radius 1 is 1.04 bits per heavy atom. The van der Waals surface area contributed by atoms with Gasteiger partial charge in [-0.25, -0.2) is 9.78 Å². The van der Waals surface area contributed by atoms with Gasteiger partial charge in [-0.15, -0.1) is 0 Å². The first kappa shape index (κ1) is 18.3. The minimum absolute atomic E-state index is 0.252. The second-order valence-electron chi connectivity index (χ2n) is 5.70. The Morgan fingerprint density at radius 2 is 1.78 bits per heavy atom. The minimum Gasteiger partial charge on any atom is -0.467 e. The van der Waals surface area contributed by atoms with Crippen LogP contribution in [0.1, 0.15) is 23.1 Å². The molecule has 0 aliphatic rings. The SMILES string of the molecule is CCOC(=O)c1ccccc1NC(=O)COc1nc(C)nc2ccccc12. The number of nitrogens with zero attached hydrogens (tertiary/aromatic N) is 2. The first-order valence-electron chi connectivity index (χ1n) is 8.50. The van der Waals surface area contributed by atoms with Crippen molar-refractivity contribution in [2.75, 3.05) is 18.5 Å². The van der Waals surface area contributed by atoms with Gasteiger partial charge in [0.25, 0.3) is 5.91 Å². The van der Waals surface area contributed by atoms with Gasteiger partial charge in [0, 0.05) is 0 Å². The zero-order valence-electron chi connectivity index (χ0n) is 15.1. The highest BCUT2D eigenvalue weighted by Gasteiger charge is 2.15. The third-order valence-electron chi connectivity index (χ3n) is 3.72. The molecule has 0 aliphatic heterocycles. The van der Waals surface area contributed by atoms with Crippen LogP contribution in [0.15, 0.2) is 48.5 Å². The lowest BCUT2D eigenvalue weighted by Crippen LogP contribution is -2.22. The van der Waals surface area contributed by atoms with E-state index >= 15 is 0 Å². The molecule has 0 saturated heterocycles. The van der Waals surface area contributed by atoms with E-state index in [-0.39, 0.29) is 18.8 Å². The van der Waals surface area contributed by atoms with Crippen LogP contribution < -0.4 is 10.1 Å². The number of carbonyl (C=O) groups excluding carboxylic acids is 2. The molecule has 3 aromatic rings. The maximum atomic E-state index is 12.3. The lowest BCUT2D eigenvalue weighted by atomic mass is 10.2. The van der Waals surface area contributed by atoms with E-state index in [1.807, 2.05) is 24.3 Å². The van der Waals surface area contributed by atoms with Gasteiger partial charge in [0.15, 0.2) is 6.61 Å². The van der Waals surface area contributed by atoms with Crippen LogP contribution in [-0.2, 0) is 9.53 Å².